The number of aryl methyl sites for hydroxylation is 1. The quantitative estimate of drug-likeness (QED) is 0.657. The van der Waals surface area contributed by atoms with Crippen LogP contribution in [-0.2, 0) is 0 Å². The zero-order valence-electron chi connectivity index (χ0n) is 14.4. The summed E-state index contributed by atoms with van der Waals surface area (Å²) in [6.45, 7) is 5.95. The third kappa shape index (κ3) is 3.74. The Hall–Kier alpha value is -2.19. The Morgan fingerprint density at radius 2 is 2.16 bits per heavy atom. The van der Waals surface area contributed by atoms with Gasteiger partial charge in [0, 0.05) is 17.0 Å². The molecule has 1 amide bonds. The van der Waals surface area contributed by atoms with Gasteiger partial charge < -0.3 is 9.73 Å². The number of thioether (sulfide) groups is 1. The number of hydrogen-bond donors (Lipinski definition) is 1. The van der Waals surface area contributed by atoms with Gasteiger partial charge >= 0.3 is 0 Å². The number of carbonyl (C=O) groups is 1. The number of rotatable bonds is 5. The molecule has 0 atom stereocenters. The fraction of sp³-hybridized carbons (Fsp3) is 0.294. The molecule has 0 fully saturated rings. The second-order valence-corrected chi connectivity index (χ2v) is 7.75. The number of nitrogens with zero attached hydrogens (tertiary/aromatic N) is 3. The second kappa shape index (κ2) is 7.37. The molecule has 3 rings (SSSR count). The highest BCUT2D eigenvalue weighted by Gasteiger charge is 2.18. The summed E-state index contributed by atoms with van der Waals surface area (Å²) in [7, 11) is 0. The fourth-order valence-corrected chi connectivity index (χ4v) is 3.64. The summed E-state index contributed by atoms with van der Waals surface area (Å²) in [5.74, 6) is 1.07. The molecular weight excluding hydrogens is 356 g/mol. The van der Waals surface area contributed by atoms with E-state index >= 15 is 0 Å². The molecule has 1 N–H and O–H groups in total. The number of hydrogen-bond acceptors (Lipinski definition) is 7. The van der Waals surface area contributed by atoms with Gasteiger partial charge in [-0.2, -0.15) is 0 Å². The molecule has 0 saturated heterocycles. The molecule has 8 heteroatoms. The first-order valence-corrected chi connectivity index (χ1v) is 9.78. The summed E-state index contributed by atoms with van der Waals surface area (Å²) in [4.78, 5) is 18.6. The molecule has 0 aliphatic rings. The maximum absolute atomic E-state index is 12.6. The summed E-state index contributed by atoms with van der Waals surface area (Å²) in [6.07, 6.45) is 3.58. The van der Waals surface area contributed by atoms with Crippen LogP contribution in [0.3, 0.4) is 0 Å². The van der Waals surface area contributed by atoms with Crippen LogP contribution >= 0.6 is 23.1 Å². The van der Waals surface area contributed by atoms with Crippen LogP contribution in [0.15, 0.2) is 33.8 Å². The molecule has 0 radical (unpaired) electrons. The van der Waals surface area contributed by atoms with Crippen LogP contribution in [-0.4, -0.2) is 27.3 Å². The van der Waals surface area contributed by atoms with Gasteiger partial charge in [0.05, 0.1) is 16.1 Å². The lowest BCUT2D eigenvalue weighted by molar-refractivity contribution is 0.102. The van der Waals surface area contributed by atoms with Crippen molar-refractivity contribution in [2.45, 2.75) is 31.7 Å². The number of pyridine rings is 1. The van der Waals surface area contributed by atoms with Gasteiger partial charge in [-0.25, -0.2) is 4.98 Å². The Morgan fingerprint density at radius 3 is 2.84 bits per heavy atom. The van der Waals surface area contributed by atoms with Crippen molar-refractivity contribution in [1.82, 2.24) is 15.2 Å². The van der Waals surface area contributed by atoms with Gasteiger partial charge in [-0.15, -0.1) is 33.3 Å². The van der Waals surface area contributed by atoms with Crippen LogP contribution < -0.4 is 5.32 Å². The van der Waals surface area contributed by atoms with E-state index in [2.05, 4.69) is 20.5 Å². The van der Waals surface area contributed by atoms with Gasteiger partial charge in [0.25, 0.3) is 11.8 Å². The SMILES string of the molecule is CSc1ncccc1C(=O)Nc1cc(-c2nnc(C(C)C)o2)sc1C. The standard InChI is InChI=1S/C17H18N4O2S2/c1-9(2)15-20-21-16(23-15)13-8-12(10(3)25-13)19-14(22)11-6-5-7-18-17(11)24-4/h5-9H,1-4H3,(H,19,22). The van der Waals surface area contributed by atoms with Gasteiger partial charge in [-0.1, -0.05) is 13.8 Å². The van der Waals surface area contributed by atoms with E-state index in [0.29, 0.717) is 22.4 Å². The summed E-state index contributed by atoms with van der Waals surface area (Å²) in [5.41, 5.74) is 1.30. The van der Waals surface area contributed by atoms with Gasteiger partial charge in [0.2, 0.25) is 5.89 Å². The van der Waals surface area contributed by atoms with E-state index in [9.17, 15) is 4.79 Å². The molecule has 0 spiro atoms. The minimum atomic E-state index is -0.182. The van der Waals surface area contributed by atoms with E-state index in [1.807, 2.05) is 33.1 Å². The van der Waals surface area contributed by atoms with Crippen LogP contribution in [0, 0.1) is 6.92 Å². The molecule has 0 bridgehead atoms. The van der Waals surface area contributed by atoms with Gasteiger partial charge in [0.1, 0.15) is 5.03 Å². The molecular formula is C17H18N4O2S2. The van der Waals surface area contributed by atoms with E-state index in [1.165, 1.54) is 23.1 Å². The molecule has 0 aliphatic carbocycles. The van der Waals surface area contributed by atoms with E-state index in [-0.39, 0.29) is 11.8 Å². The maximum Gasteiger partial charge on any atom is 0.258 e. The molecule has 25 heavy (non-hydrogen) atoms. The van der Waals surface area contributed by atoms with Crippen molar-refractivity contribution < 1.29 is 9.21 Å². The first kappa shape index (κ1) is 17.6. The van der Waals surface area contributed by atoms with Crippen molar-refractivity contribution in [3.63, 3.8) is 0 Å². The molecule has 0 aliphatic heterocycles. The van der Waals surface area contributed by atoms with Crippen LogP contribution in [0.5, 0.6) is 0 Å². The third-order valence-corrected chi connectivity index (χ3v) is 5.27. The van der Waals surface area contributed by atoms with Crippen LogP contribution in [0.4, 0.5) is 5.69 Å². The number of nitrogens with one attached hydrogen (secondary N) is 1. The largest absolute Gasteiger partial charge is 0.420 e. The zero-order chi connectivity index (χ0) is 18.0. The van der Waals surface area contributed by atoms with Gasteiger partial charge in [-0.3, -0.25) is 4.79 Å². The summed E-state index contributed by atoms with van der Waals surface area (Å²) < 4.78 is 5.69. The fourth-order valence-electron chi connectivity index (χ4n) is 2.19. The van der Waals surface area contributed by atoms with Crippen LogP contribution in [0.1, 0.15) is 40.9 Å². The van der Waals surface area contributed by atoms with Gasteiger partial charge in [0.15, 0.2) is 0 Å². The Balaban J connectivity index is 1.84. The van der Waals surface area contributed by atoms with Crippen LogP contribution in [0.2, 0.25) is 0 Å². The van der Waals surface area contributed by atoms with Gasteiger partial charge in [-0.05, 0) is 31.4 Å². The zero-order valence-corrected chi connectivity index (χ0v) is 16.0. The second-order valence-electron chi connectivity index (χ2n) is 5.70. The van der Waals surface area contributed by atoms with E-state index in [0.717, 1.165) is 15.4 Å². The van der Waals surface area contributed by atoms with Crippen molar-refractivity contribution in [3.05, 3.63) is 40.7 Å². The van der Waals surface area contributed by atoms with E-state index < -0.39 is 0 Å². The number of amides is 1. The average Bonchev–Trinajstić information content (AvgIpc) is 3.22. The molecule has 0 aromatic carbocycles. The van der Waals surface area contributed by atoms with Crippen molar-refractivity contribution in [3.8, 4) is 10.8 Å². The number of aromatic nitrogens is 3. The van der Waals surface area contributed by atoms with Crippen molar-refractivity contribution >= 4 is 34.7 Å². The Kier molecular flexibility index (Phi) is 5.19. The van der Waals surface area contributed by atoms with E-state index in [4.69, 9.17) is 4.42 Å². The average molecular weight is 374 g/mol. The van der Waals surface area contributed by atoms with Crippen molar-refractivity contribution in [1.29, 1.82) is 0 Å². The Labute approximate surface area is 154 Å². The topological polar surface area (TPSA) is 80.9 Å². The molecule has 130 valence electrons. The lowest BCUT2D eigenvalue weighted by Gasteiger charge is -2.07. The van der Waals surface area contributed by atoms with E-state index in [1.54, 1.807) is 18.3 Å². The summed E-state index contributed by atoms with van der Waals surface area (Å²) >= 11 is 2.95. The minimum Gasteiger partial charge on any atom is -0.420 e. The molecule has 6 nitrogen and oxygen atoms in total. The number of carbonyl (C=O) groups excluding carboxylic acids is 1. The number of anilines is 1. The lowest BCUT2D eigenvalue weighted by atomic mass is 10.2. The highest BCUT2D eigenvalue weighted by molar-refractivity contribution is 7.98. The normalized spacial score (nSPS) is 11.1. The highest BCUT2D eigenvalue weighted by atomic mass is 32.2. The molecule has 3 heterocycles. The third-order valence-electron chi connectivity index (χ3n) is 3.52. The minimum absolute atomic E-state index is 0.178. The molecule has 3 aromatic heterocycles. The Morgan fingerprint density at radius 1 is 1.36 bits per heavy atom. The monoisotopic (exact) mass is 374 g/mol. The highest BCUT2D eigenvalue weighted by Crippen LogP contribution is 2.34. The number of thiophene rings is 1. The first-order valence-electron chi connectivity index (χ1n) is 7.74. The predicted octanol–water partition coefficient (Wildman–Crippen LogP) is 4.60. The smallest absolute Gasteiger partial charge is 0.258 e. The maximum atomic E-state index is 12.6. The first-order chi connectivity index (χ1) is 12.0. The predicted molar refractivity (Wildman–Crippen MR) is 100 cm³/mol. The molecule has 0 saturated carbocycles. The summed E-state index contributed by atoms with van der Waals surface area (Å²) in [5, 5.41) is 11.8. The Bertz CT molecular complexity index is 902. The summed E-state index contributed by atoms with van der Waals surface area (Å²) in [6, 6.07) is 5.39. The van der Waals surface area contributed by atoms with Crippen molar-refractivity contribution in [2.24, 2.45) is 0 Å². The molecule has 3 aromatic rings. The lowest BCUT2D eigenvalue weighted by Crippen LogP contribution is -2.13. The van der Waals surface area contributed by atoms with Crippen LogP contribution in [0.25, 0.3) is 10.8 Å². The molecule has 0 unspecified atom stereocenters. The van der Waals surface area contributed by atoms with Crippen molar-refractivity contribution in [2.75, 3.05) is 11.6 Å².